The molecule has 1 amide bonds. The summed E-state index contributed by atoms with van der Waals surface area (Å²) in [5.41, 5.74) is 0.583. The van der Waals surface area contributed by atoms with Gasteiger partial charge in [-0.3, -0.25) is 9.78 Å². The van der Waals surface area contributed by atoms with Crippen LogP contribution < -0.4 is 10.1 Å². The van der Waals surface area contributed by atoms with Crippen molar-refractivity contribution in [3.05, 3.63) is 24.0 Å². The zero-order valence-corrected chi connectivity index (χ0v) is 9.27. The molecule has 1 saturated heterocycles. The zero-order chi connectivity index (χ0) is 11.4. The first-order valence-electron chi connectivity index (χ1n) is 5.31. The van der Waals surface area contributed by atoms with Gasteiger partial charge in [-0.15, -0.1) is 0 Å². The molecule has 1 fully saturated rings. The number of carbonyl (C=O) groups is 1. The highest BCUT2D eigenvalue weighted by atomic mass is 16.5. The van der Waals surface area contributed by atoms with Crippen molar-refractivity contribution in [1.82, 2.24) is 15.2 Å². The van der Waals surface area contributed by atoms with E-state index in [4.69, 9.17) is 4.74 Å². The predicted octanol–water partition coefficient (Wildman–Crippen LogP) is 0.136. The summed E-state index contributed by atoms with van der Waals surface area (Å²) in [5.74, 6) is 0.548. The first-order valence-corrected chi connectivity index (χ1v) is 5.31. The minimum absolute atomic E-state index is 0.0146. The van der Waals surface area contributed by atoms with Gasteiger partial charge in [0.05, 0.1) is 18.9 Å². The fourth-order valence-electron chi connectivity index (χ4n) is 1.76. The lowest BCUT2D eigenvalue weighted by atomic mass is 10.2. The fraction of sp³-hybridized carbons (Fsp3) is 0.455. The highest BCUT2D eigenvalue weighted by Crippen LogP contribution is 2.17. The van der Waals surface area contributed by atoms with Crippen molar-refractivity contribution in [2.45, 2.75) is 0 Å². The van der Waals surface area contributed by atoms with Crippen LogP contribution in [-0.2, 0) is 0 Å². The first-order chi connectivity index (χ1) is 7.83. The van der Waals surface area contributed by atoms with Crippen molar-refractivity contribution >= 4 is 5.91 Å². The van der Waals surface area contributed by atoms with Crippen LogP contribution in [0.4, 0.5) is 0 Å². The molecule has 1 aliphatic heterocycles. The summed E-state index contributed by atoms with van der Waals surface area (Å²) in [5, 5.41) is 3.21. The summed E-state index contributed by atoms with van der Waals surface area (Å²) >= 11 is 0. The number of ether oxygens (including phenoxy) is 1. The molecule has 5 nitrogen and oxygen atoms in total. The van der Waals surface area contributed by atoms with Crippen LogP contribution >= 0.6 is 0 Å². The SMILES string of the molecule is COc1cnccc1C(=O)N1CCNCC1. The van der Waals surface area contributed by atoms with Gasteiger partial charge in [-0.25, -0.2) is 0 Å². The molecule has 0 bridgehead atoms. The number of hydrogen-bond acceptors (Lipinski definition) is 4. The maximum absolute atomic E-state index is 12.2. The molecule has 5 heteroatoms. The second-order valence-corrected chi connectivity index (χ2v) is 3.62. The lowest BCUT2D eigenvalue weighted by molar-refractivity contribution is 0.0732. The Hall–Kier alpha value is -1.62. The van der Waals surface area contributed by atoms with Gasteiger partial charge in [-0.05, 0) is 6.07 Å². The van der Waals surface area contributed by atoms with Crippen molar-refractivity contribution in [2.75, 3.05) is 33.3 Å². The molecule has 0 aromatic carbocycles. The first kappa shape index (κ1) is 10.9. The van der Waals surface area contributed by atoms with Crippen LogP contribution in [0.15, 0.2) is 18.5 Å². The van der Waals surface area contributed by atoms with Gasteiger partial charge in [0.15, 0.2) is 0 Å². The monoisotopic (exact) mass is 221 g/mol. The summed E-state index contributed by atoms with van der Waals surface area (Å²) in [6, 6.07) is 1.70. The molecule has 1 aliphatic rings. The third kappa shape index (κ3) is 2.14. The Balaban J connectivity index is 2.19. The van der Waals surface area contributed by atoms with Gasteiger partial charge < -0.3 is 15.0 Å². The smallest absolute Gasteiger partial charge is 0.257 e. The average molecular weight is 221 g/mol. The van der Waals surface area contributed by atoms with Gasteiger partial charge in [-0.1, -0.05) is 0 Å². The van der Waals surface area contributed by atoms with E-state index in [1.807, 2.05) is 4.90 Å². The standard InChI is InChI=1S/C11H15N3O2/c1-16-10-8-13-3-2-9(10)11(15)14-6-4-12-5-7-14/h2-3,8,12H,4-7H2,1H3. The largest absolute Gasteiger partial charge is 0.494 e. The quantitative estimate of drug-likeness (QED) is 0.771. The Morgan fingerprint density at radius 2 is 2.25 bits per heavy atom. The van der Waals surface area contributed by atoms with E-state index in [9.17, 15) is 4.79 Å². The Morgan fingerprint density at radius 1 is 1.50 bits per heavy atom. The Bertz CT molecular complexity index is 375. The third-order valence-corrected chi connectivity index (χ3v) is 2.64. The molecule has 2 heterocycles. The number of aromatic nitrogens is 1. The molecule has 0 radical (unpaired) electrons. The number of hydrogen-bond donors (Lipinski definition) is 1. The summed E-state index contributed by atoms with van der Waals surface area (Å²) in [7, 11) is 1.55. The molecule has 1 aromatic heterocycles. The molecule has 0 atom stereocenters. The van der Waals surface area contributed by atoms with Crippen molar-refractivity contribution in [2.24, 2.45) is 0 Å². The van der Waals surface area contributed by atoms with E-state index >= 15 is 0 Å². The number of piperazine rings is 1. The zero-order valence-electron chi connectivity index (χ0n) is 9.27. The van der Waals surface area contributed by atoms with E-state index in [0.29, 0.717) is 11.3 Å². The van der Waals surface area contributed by atoms with E-state index in [1.54, 1.807) is 25.6 Å². The van der Waals surface area contributed by atoms with Gasteiger partial charge in [0.1, 0.15) is 5.75 Å². The van der Waals surface area contributed by atoms with Crippen LogP contribution in [0.3, 0.4) is 0 Å². The van der Waals surface area contributed by atoms with E-state index in [2.05, 4.69) is 10.3 Å². The molecular weight excluding hydrogens is 206 g/mol. The van der Waals surface area contributed by atoms with Gasteiger partial charge in [-0.2, -0.15) is 0 Å². The molecule has 86 valence electrons. The molecule has 0 aliphatic carbocycles. The Labute approximate surface area is 94.4 Å². The molecule has 1 aromatic rings. The highest BCUT2D eigenvalue weighted by Gasteiger charge is 2.20. The van der Waals surface area contributed by atoms with Crippen LogP contribution in [0, 0.1) is 0 Å². The Morgan fingerprint density at radius 3 is 2.94 bits per heavy atom. The topological polar surface area (TPSA) is 54.5 Å². The lowest BCUT2D eigenvalue weighted by Gasteiger charge is -2.27. The van der Waals surface area contributed by atoms with Crippen LogP contribution in [-0.4, -0.2) is 49.1 Å². The van der Waals surface area contributed by atoms with Gasteiger partial charge >= 0.3 is 0 Å². The number of pyridine rings is 1. The van der Waals surface area contributed by atoms with E-state index in [-0.39, 0.29) is 5.91 Å². The number of carbonyl (C=O) groups excluding carboxylic acids is 1. The molecule has 0 unspecified atom stereocenters. The van der Waals surface area contributed by atoms with Gasteiger partial charge in [0, 0.05) is 32.4 Å². The van der Waals surface area contributed by atoms with Crippen molar-refractivity contribution < 1.29 is 9.53 Å². The van der Waals surface area contributed by atoms with Crippen LogP contribution in [0.25, 0.3) is 0 Å². The highest BCUT2D eigenvalue weighted by molar-refractivity contribution is 5.96. The van der Waals surface area contributed by atoms with E-state index in [0.717, 1.165) is 26.2 Å². The van der Waals surface area contributed by atoms with Crippen LogP contribution in [0.5, 0.6) is 5.75 Å². The molecule has 1 N–H and O–H groups in total. The summed E-state index contributed by atoms with van der Waals surface area (Å²) in [6.45, 7) is 3.17. The van der Waals surface area contributed by atoms with Crippen LogP contribution in [0.2, 0.25) is 0 Å². The normalized spacial score (nSPS) is 15.9. The van der Waals surface area contributed by atoms with E-state index in [1.165, 1.54) is 0 Å². The van der Waals surface area contributed by atoms with Gasteiger partial charge in [0.25, 0.3) is 5.91 Å². The molecular formula is C11H15N3O2. The molecule has 2 rings (SSSR count). The molecule has 16 heavy (non-hydrogen) atoms. The molecule has 0 spiro atoms. The van der Waals surface area contributed by atoms with Crippen molar-refractivity contribution in [3.8, 4) is 5.75 Å². The van der Waals surface area contributed by atoms with Crippen molar-refractivity contribution in [3.63, 3.8) is 0 Å². The van der Waals surface area contributed by atoms with Crippen LogP contribution in [0.1, 0.15) is 10.4 Å². The number of rotatable bonds is 2. The number of methoxy groups -OCH3 is 1. The second kappa shape index (κ2) is 4.94. The minimum Gasteiger partial charge on any atom is -0.494 e. The number of amides is 1. The number of nitrogens with zero attached hydrogens (tertiary/aromatic N) is 2. The Kier molecular flexibility index (Phi) is 3.36. The maximum Gasteiger partial charge on any atom is 0.257 e. The van der Waals surface area contributed by atoms with E-state index < -0.39 is 0 Å². The molecule has 0 saturated carbocycles. The van der Waals surface area contributed by atoms with Gasteiger partial charge in [0.2, 0.25) is 0 Å². The second-order valence-electron chi connectivity index (χ2n) is 3.62. The summed E-state index contributed by atoms with van der Waals surface area (Å²) in [4.78, 5) is 17.9. The third-order valence-electron chi connectivity index (χ3n) is 2.64. The summed E-state index contributed by atoms with van der Waals surface area (Å²) in [6.07, 6.45) is 3.17. The lowest BCUT2D eigenvalue weighted by Crippen LogP contribution is -2.46. The minimum atomic E-state index is 0.0146. The fourth-order valence-corrected chi connectivity index (χ4v) is 1.76. The average Bonchev–Trinajstić information content (AvgIpc) is 2.39. The maximum atomic E-state index is 12.2. The predicted molar refractivity (Wildman–Crippen MR) is 59.6 cm³/mol. The van der Waals surface area contributed by atoms with Crippen molar-refractivity contribution in [1.29, 1.82) is 0 Å². The number of nitrogens with one attached hydrogen (secondary N) is 1. The summed E-state index contributed by atoms with van der Waals surface area (Å²) < 4.78 is 5.13.